The zero-order chi connectivity index (χ0) is 21.5. The zero-order valence-corrected chi connectivity index (χ0v) is 18.7. The summed E-state index contributed by atoms with van der Waals surface area (Å²) < 4.78 is 5.25. The molecule has 6 heteroatoms. The van der Waals surface area contributed by atoms with Gasteiger partial charge in [0.1, 0.15) is 5.75 Å². The van der Waals surface area contributed by atoms with E-state index in [-0.39, 0.29) is 17.9 Å². The SMILES string of the molecule is COc1cccc(C(=O)N2CCN([C@H](C(=O)NCCC(C)C)C3CCCC3)CC2)c1. The maximum absolute atomic E-state index is 13.1. The summed E-state index contributed by atoms with van der Waals surface area (Å²) in [6.45, 7) is 7.90. The highest BCUT2D eigenvalue weighted by Crippen LogP contribution is 2.31. The minimum absolute atomic E-state index is 0.0346. The molecule has 0 aromatic heterocycles. The van der Waals surface area contributed by atoms with E-state index >= 15 is 0 Å². The molecule has 0 unspecified atom stereocenters. The third-order valence-electron chi connectivity index (χ3n) is 6.45. The van der Waals surface area contributed by atoms with Crippen molar-refractivity contribution in [2.75, 3.05) is 39.8 Å². The molecule has 0 spiro atoms. The molecule has 2 fully saturated rings. The number of carbonyl (C=O) groups excluding carboxylic acids is 2. The third-order valence-corrected chi connectivity index (χ3v) is 6.45. The van der Waals surface area contributed by atoms with Gasteiger partial charge in [-0.05, 0) is 49.3 Å². The summed E-state index contributed by atoms with van der Waals surface area (Å²) in [5, 5.41) is 3.19. The summed E-state index contributed by atoms with van der Waals surface area (Å²) in [6, 6.07) is 7.26. The summed E-state index contributed by atoms with van der Waals surface area (Å²) in [5.41, 5.74) is 0.654. The van der Waals surface area contributed by atoms with Gasteiger partial charge in [0, 0.05) is 38.3 Å². The van der Waals surface area contributed by atoms with Crippen LogP contribution in [0.5, 0.6) is 5.75 Å². The first-order valence-corrected chi connectivity index (χ1v) is 11.4. The van der Waals surface area contributed by atoms with Crippen LogP contribution in [0.4, 0.5) is 0 Å². The van der Waals surface area contributed by atoms with Crippen molar-refractivity contribution < 1.29 is 14.3 Å². The van der Waals surface area contributed by atoms with Gasteiger partial charge in [-0.1, -0.05) is 32.8 Å². The number of hydrogen-bond acceptors (Lipinski definition) is 4. The van der Waals surface area contributed by atoms with E-state index in [1.807, 2.05) is 23.1 Å². The first kappa shape index (κ1) is 22.6. The van der Waals surface area contributed by atoms with Gasteiger partial charge in [-0.15, -0.1) is 0 Å². The van der Waals surface area contributed by atoms with Crippen molar-refractivity contribution in [3.8, 4) is 5.75 Å². The number of carbonyl (C=O) groups is 2. The number of piperazine rings is 1. The molecule has 1 atom stereocenters. The molecule has 0 bridgehead atoms. The molecule has 1 aromatic carbocycles. The van der Waals surface area contributed by atoms with Gasteiger partial charge in [0.25, 0.3) is 5.91 Å². The predicted octanol–water partition coefficient (Wildman–Crippen LogP) is 3.17. The molecular formula is C24H37N3O3. The van der Waals surface area contributed by atoms with Gasteiger partial charge in [0.05, 0.1) is 13.2 Å². The largest absolute Gasteiger partial charge is 0.497 e. The summed E-state index contributed by atoms with van der Waals surface area (Å²) in [7, 11) is 1.61. The number of nitrogens with one attached hydrogen (secondary N) is 1. The lowest BCUT2D eigenvalue weighted by molar-refractivity contribution is -0.129. The fourth-order valence-corrected chi connectivity index (χ4v) is 4.68. The monoisotopic (exact) mass is 415 g/mol. The van der Waals surface area contributed by atoms with Crippen LogP contribution in [0.2, 0.25) is 0 Å². The minimum atomic E-state index is -0.0614. The number of ether oxygens (including phenoxy) is 1. The molecule has 1 heterocycles. The molecule has 1 aliphatic carbocycles. The van der Waals surface area contributed by atoms with Crippen molar-refractivity contribution in [3.63, 3.8) is 0 Å². The van der Waals surface area contributed by atoms with Crippen LogP contribution < -0.4 is 10.1 Å². The van der Waals surface area contributed by atoms with Crippen LogP contribution in [0.25, 0.3) is 0 Å². The number of benzene rings is 1. The standard InChI is InChI=1S/C24H37N3O3/c1-18(2)11-12-25-23(28)22(19-7-4-5-8-19)26-13-15-27(16-14-26)24(29)20-9-6-10-21(17-20)30-3/h6,9-10,17-19,22H,4-5,7-8,11-16H2,1-3H3,(H,25,28)/t22-/m0/s1. The van der Waals surface area contributed by atoms with E-state index in [2.05, 4.69) is 24.1 Å². The summed E-state index contributed by atoms with van der Waals surface area (Å²) in [6.07, 6.45) is 5.70. The second kappa shape index (κ2) is 10.8. The van der Waals surface area contributed by atoms with Crippen LogP contribution >= 0.6 is 0 Å². The van der Waals surface area contributed by atoms with Crippen LogP contribution in [0.15, 0.2) is 24.3 Å². The molecule has 2 aliphatic rings. The van der Waals surface area contributed by atoms with Crippen LogP contribution in [-0.4, -0.2) is 67.5 Å². The summed E-state index contributed by atoms with van der Waals surface area (Å²) in [5.74, 6) is 1.92. The van der Waals surface area contributed by atoms with Crippen molar-refractivity contribution in [3.05, 3.63) is 29.8 Å². The number of hydrogen-bond donors (Lipinski definition) is 1. The van der Waals surface area contributed by atoms with Crippen LogP contribution in [0.3, 0.4) is 0 Å². The maximum atomic E-state index is 13.1. The molecule has 6 nitrogen and oxygen atoms in total. The van der Waals surface area contributed by atoms with Crippen molar-refractivity contribution in [1.29, 1.82) is 0 Å². The van der Waals surface area contributed by atoms with Gasteiger partial charge >= 0.3 is 0 Å². The second-order valence-corrected chi connectivity index (χ2v) is 9.02. The summed E-state index contributed by atoms with van der Waals surface area (Å²) >= 11 is 0. The Morgan fingerprint density at radius 3 is 2.47 bits per heavy atom. The molecular weight excluding hydrogens is 378 g/mol. The Bertz CT molecular complexity index is 707. The number of methoxy groups -OCH3 is 1. The molecule has 1 saturated heterocycles. The molecule has 1 N–H and O–H groups in total. The van der Waals surface area contributed by atoms with E-state index in [0.717, 1.165) is 38.9 Å². The zero-order valence-electron chi connectivity index (χ0n) is 18.7. The van der Waals surface area contributed by atoms with Crippen LogP contribution in [0.1, 0.15) is 56.3 Å². The van der Waals surface area contributed by atoms with Crippen LogP contribution in [-0.2, 0) is 4.79 Å². The van der Waals surface area contributed by atoms with Crippen molar-refractivity contribution in [1.82, 2.24) is 15.1 Å². The Hall–Kier alpha value is -2.08. The first-order valence-electron chi connectivity index (χ1n) is 11.4. The van der Waals surface area contributed by atoms with Gasteiger partial charge in [0.15, 0.2) is 0 Å². The fourth-order valence-electron chi connectivity index (χ4n) is 4.68. The van der Waals surface area contributed by atoms with Crippen LogP contribution in [0, 0.1) is 11.8 Å². The topological polar surface area (TPSA) is 61.9 Å². The normalized spacial score (nSPS) is 19.1. The first-order chi connectivity index (χ1) is 14.5. The molecule has 1 aliphatic heterocycles. The Labute approximate surface area is 180 Å². The van der Waals surface area contributed by atoms with E-state index in [9.17, 15) is 9.59 Å². The van der Waals surface area contributed by atoms with Crippen molar-refractivity contribution in [2.24, 2.45) is 11.8 Å². The van der Waals surface area contributed by atoms with Gasteiger partial charge < -0.3 is 15.0 Å². The third kappa shape index (κ3) is 5.75. The molecule has 3 rings (SSSR count). The minimum Gasteiger partial charge on any atom is -0.497 e. The lowest BCUT2D eigenvalue weighted by Gasteiger charge is -2.40. The number of rotatable bonds is 8. The fraction of sp³-hybridized carbons (Fsp3) is 0.667. The molecule has 1 saturated carbocycles. The lowest BCUT2D eigenvalue weighted by atomic mass is 9.94. The number of nitrogens with zero attached hydrogens (tertiary/aromatic N) is 2. The second-order valence-electron chi connectivity index (χ2n) is 9.02. The average Bonchev–Trinajstić information content (AvgIpc) is 3.28. The smallest absolute Gasteiger partial charge is 0.254 e. The average molecular weight is 416 g/mol. The lowest BCUT2D eigenvalue weighted by Crippen LogP contribution is -2.58. The predicted molar refractivity (Wildman–Crippen MR) is 119 cm³/mol. The molecule has 2 amide bonds. The van der Waals surface area contributed by atoms with Gasteiger partial charge in [0.2, 0.25) is 5.91 Å². The van der Waals surface area contributed by atoms with Crippen molar-refractivity contribution in [2.45, 2.75) is 52.0 Å². The van der Waals surface area contributed by atoms with E-state index in [1.165, 1.54) is 12.8 Å². The molecule has 0 radical (unpaired) electrons. The Morgan fingerprint density at radius 2 is 1.83 bits per heavy atom. The Kier molecular flexibility index (Phi) is 8.14. The van der Waals surface area contributed by atoms with E-state index in [0.29, 0.717) is 36.2 Å². The highest BCUT2D eigenvalue weighted by Gasteiger charge is 2.37. The van der Waals surface area contributed by atoms with Gasteiger partial charge in [-0.25, -0.2) is 0 Å². The molecule has 1 aromatic rings. The Morgan fingerprint density at radius 1 is 1.13 bits per heavy atom. The van der Waals surface area contributed by atoms with E-state index in [4.69, 9.17) is 4.74 Å². The van der Waals surface area contributed by atoms with Crippen molar-refractivity contribution >= 4 is 11.8 Å². The maximum Gasteiger partial charge on any atom is 0.254 e. The van der Waals surface area contributed by atoms with Gasteiger partial charge in [-0.3, -0.25) is 14.5 Å². The molecule has 30 heavy (non-hydrogen) atoms. The molecule has 166 valence electrons. The summed E-state index contributed by atoms with van der Waals surface area (Å²) in [4.78, 5) is 30.2. The number of amides is 2. The highest BCUT2D eigenvalue weighted by atomic mass is 16.5. The highest BCUT2D eigenvalue weighted by molar-refractivity contribution is 5.94. The van der Waals surface area contributed by atoms with Gasteiger partial charge in [-0.2, -0.15) is 0 Å². The Balaban J connectivity index is 1.60. The quantitative estimate of drug-likeness (QED) is 0.708. The van der Waals surface area contributed by atoms with E-state index in [1.54, 1.807) is 13.2 Å². The van der Waals surface area contributed by atoms with E-state index < -0.39 is 0 Å².